The Hall–Kier alpha value is -3.07. The summed E-state index contributed by atoms with van der Waals surface area (Å²) in [6, 6.07) is 8.41. The van der Waals surface area contributed by atoms with Crippen LogP contribution in [0.5, 0.6) is 11.5 Å². The van der Waals surface area contributed by atoms with Gasteiger partial charge in [0, 0.05) is 0 Å². The van der Waals surface area contributed by atoms with Gasteiger partial charge in [0.2, 0.25) is 5.76 Å². The summed E-state index contributed by atoms with van der Waals surface area (Å²) < 4.78 is 20.9. The lowest BCUT2D eigenvalue weighted by Gasteiger charge is -2.10. The third-order valence-corrected chi connectivity index (χ3v) is 3.09. The minimum absolute atomic E-state index is 0.0768. The van der Waals surface area contributed by atoms with Gasteiger partial charge in [0.05, 0.1) is 20.4 Å². The molecule has 1 heterocycles. The van der Waals surface area contributed by atoms with Crippen molar-refractivity contribution in [2.75, 3.05) is 14.2 Å². The predicted molar refractivity (Wildman–Crippen MR) is 94.9 cm³/mol. The van der Waals surface area contributed by atoms with E-state index in [2.05, 4.69) is 27.5 Å². The summed E-state index contributed by atoms with van der Waals surface area (Å²) in [5.41, 5.74) is 8.51. The second kappa shape index (κ2) is 8.69. The van der Waals surface area contributed by atoms with Crippen molar-refractivity contribution in [1.82, 2.24) is 5.43 Å². The van der Waals surface area contributed by atoms with E-state index in [1.807, 2.05) is 0 Å². The van der Waals surface area contributed by atoms with E-state index in [0.717, 1.165) is 5.56 Å². The molecule has 3 N–H and O–H groups in total. The number of hydrazone groups is 1. The van der Waals surface area contributed by atoms with Crippen LogP contribution in [0, 0.1) is 0 Å². The van der Waals surface area contributed by atoms with Crippen LogP contribution < -0.4 is 20.6 Å². The molecule has 9 heteroatoms. The van der Waals surface area contributed by atoms with Crippen molar-refractivity contribution in [3.63, 3.8) is 0 Å². The average Bonchev–Trinajstić information content (AvgIpc) is 3.08. The van der Waals surface area contributed by atoms with Crippen LogP contribution in [-0.4, -0.2) is 31.5 Å². The van der Waals surface area contributed by atoms with Crippen LogP contribution in [0.3, 0.4) is 0 Å². The number of rotatable bonds is 7. The molecule has 0 aliphatic rings. The number of benzene rings is 1. The summed E-state index contributed by atoms with van der Waals surface area (Å²) in [6.45, 7) is 0.129. The van der Waals surface area contributed by atoms with Crippen LogP contribution in [0.1, 0.15) is 21.9 Å². The van der Waals surface area contributed by atoms with Gasteiger partial charge in [-0.2, -0.15) is 5.10 Å². The molecule has 0 radical (unpaired) electrons. The molecule has 0 aliphatic heterocycles. The third-order valence-electron chi connectivity index (χ3n) is 2.99. The summed E-state index contributed by atoms with van der Waals surface area (Å²) in [6.07, 6.45) is 1.54. The Bertz CT molecular complexity index is 788. The number of nitrogens with two attached hydrogens (primary N) is 1. The zero-order valence-corrected chi connectivity index (χ0v) is 14.5. The third kappa shape index (κ3) is 5.21. The van der Waals surface area contributed by atoms with Gasteiger partial charge in [0.1, 0.15) is 12.4 Å². The molecule has 2 aromatic rings. The van der Waals surface area contributed by atoms with E-state index in [-0.39, 0.29) is 17.5 Å². The van der Waals surface area contributed by atoms with E-state index < -0.39 is 5.97 Å². The van der Waals surface area contributed by atoms with Crippen LogP contribution >= 0.6 is 12.2 Å². The van der Waals surface area contributed by atoms with E-state index in [1.54, 1.807) is 30.5 Å². The van der Waals surface area contributed by atoms with Crippen molar-refractivity contribution in [1.29, 1.82) is 0 Å². The molecule has 1 aromatic carbocycles. The summed E-state index contributed by atoms with van der Waals surface area (Å²) in [5, 5.41) is 3.95. The number of nitrogens with zero attached hydrogens (tertiary/aromatic N) is 1. The Labute approximate surface area is 149 Å². The molecule has 0 saturated heterocycles. The molecule has 0 fully saturated rings. The number of esters is 1. The van der Waals surface area contributed by atoms with Crippen molar-refractivity contribution in [2.45, 2.75) is 6.61 Å². The number of carbonyl (C=O) groups excluding carboxylic acids is 1. The number of carbonyl (C=O) groups is 1. The molecule has 0 amide bonds. The van der Waals surface area contributed by atoms with Gasteiger partial charge in [-0.1, -0.05) is 0 Å². The molecule has 0 atom stereocenters. The molecule has 8 nitrogen and oxygen atoms in total. The fourth-order valence-corrected chi connectivity index (χ4v) is 1.92. The first-order valence-corrected chi connectivity index (χ1v) is 7.50. The molecule has 2 rings (SSSR count). The maximum Gasteiger partial charge on any atom is 0.373 e. The lowest BCUT2D eigenvalue weighted by molar-refractivity contribution is 0.0561. The van der Waals surface area contributed by atoms with Gasteiger partial charge in [0.25, 0.3) is 0 Å². The molecule has 1 aromatic heterocycles. The lowest BCUT2D eigenvalue weighted by Crippen LogP contribution is -2.23. The van der Waals surface area contributed by atoms with Gasteiger partial charge in [-0.15, -0.1) is 0 Å². The standard InChI is InChI=1S/C16H17N3O5S/c1-21-14-7-10(8-18-19-16(17)25)3-5-12(14)23-9-11-4-6-13(24-11)15(20)22-2/h3-8H,9H2,1-2H3,(H3,17,19,25). The molecule has 0 aliphatic carbocycles. The average molecular weight is 363 g/mol. The first-order chi connectivity index (χ1) is 12.0. The van der Waals surface area contributed by atoms with Crippen molar-refractivity contribution in [3.05, 3.63) is 47.4 Å². The Balaban J connectivity index is 2.04. The van der Waals surface area contributed by atoms with Crippen molar-refractivity contribution in [3.8, 4) is 11.5 Å². The normalized spacial score (nSPS) is 10.5. The van der Waals surface area contributed by atoms with Crippen LogP contribution in [0.15, 0.2) is 39.9 Å². The molecule has 0 unspecified atom stereocenters. The maximum absolute atomic E-state index is 11.4. The maximum atomic E-state index is 11.4. The van der Waals surface area contributed by atoms with Crippen molar-refractivity contribution >= 4 is 29.5 Å². The Morgan fingerprint density at radius 1 is 1.32 bits per heavy atom. The minimum Gasteiger partial charge on any atom is -0.493 e. The highest BCUT2D eigenvalue weighted by molar-refractivity contribution is 7.80. The molecule has 0 saturated carbocycles. The van der Waals surface area contributed by atoms with Gasteiger partial charge < -0.3 is 24.4 Å². The molecule has 0 bridgehead atoms. The van der Waals surface area contributed by atoms with Gasteiger partial charge in [-0.3, -0.25) is 5.43 Å². The fraction of sp³-hybridized carbons (Fsp3) is 0.188. The highest BCUT2D eigenvalue weighted by Crippen LogP contribution is 2.28. The van der Waals surface area contributed by atoms with Gasteiger partial charge in [0.15, 0.2) is 16.6 Å². The summed E-state index contributed by atoms with van der Waals surface area (Å²) in [4.78, 5) is 11.4. The highest BCUT2D eigenvalue weighted by atomic mass is 32.1. The van der Waals surface area contributed by atoms with Crippen molar-refractivity contribution < 1.29 is 23.4 Å². The Morgan fingerprint density at radius 2 is 2.12 bits per heavy atom. The number of hydrogen-bond donors (Lipinski definition) is 2. The first-order valence-electron chi connectivity index (χ1n) is 7.10. The number of nitrogens with one attached hydrogen (secondary N) is 1. The topological polar surface area (TPSA) is 108 Å². The van der Waals surface area contributed by atoms with Crippen LogP contribution in [0.25, 0.3) is 0 Å². The summed E-state index contributed by atoms with van der Waals surface area (Å²) >= 11 is 4.66. The second-order valence-corrected chi connectivity index (χ2v) is 5.13. The van der Waals surface area contributed by atoms with Crippen LogP contribution in [0.4, 0.5) is 0 Å². The Morgan fingerprint density at radius 3 is 2.80 bits per heavy atom. The quantitative estimate of drug-likeness (QED) is 0.332. The SMILES string of the molecule is COC(=O)c1ccc(COc2ccc(C=NNC(N)=S)cc2OC)o1. The largest absolute Gasteiger partial charge is 0.493 e. The first kappa shape index (κ1) is 18.3. The zero-order valence-electron chi connectivity index (χ0n) is 13.6. The lowest BCUT2D eigenvalue weighted by atomic mass is 10.2. The summed E-state index contributed by atoms with van der Waals surface area (Å²) in [5.74, 6) is 1.08. The van der Waals surface area contributed by atoms with Crippen LogP contribution in [0.2, 0.25) is 0 Å². The minimum atomic E-state index is -0.543. The van der Waals surface area contributed by atoms with Gasteiger partial charge >= 0.3 is 5.97 Å². The molecule has 25 heavy (non-hydrogen) atoms. The number of hydrogen-bond acceptors (Lipinski definition) is 7. The van der Waals surface area contributed by atoms with E-state index >= 15 is 0 Å². The molecular weight excluding hydrogens is 346 g/mol. The predicted octanol–water partition coefficient (Wildman–Crippen LogP) is 1.82. The van der Waals surface area contributed by atoms with Gasteiger partial charge in [-0.05, 0) is 48.1 Å². The number of ether oxygens (including phenoxy) is 3. The monoisotopic (exact) mass is 363 g/mol. The number of methoxy groups -OCH3 is 2. The smallest absolute Gasteiger partial charge is 0.373 e. The van der Waals surface area contributed by atoms with Gasteiger partial charge in [-0.25, -0.2) is 4.79 Å². The zero-order chi connectivity index (χ0) is 18.2. The highest BCUT2D eigenvalue weighted by Gasteiger charge is 2.12. The van der Waals surface area contributed by atoms with Crippen LogP contribution in [-0.2, 0) is 11.3 Å². The molecule has 132 valence electrons. The number of thiocarbonyl (C=S) groups is 1. The van der Waals surface area contributed by atoms with E-state index in [9.17, 15) is 4.79 Å². The Kier molecular flexibility index (Phi) is 6.35. The second-order valence-electron chi connectivity index (χ2n) is 4.69. The van der Waals surface area contributed by atoms with E-state index in [1.165, 1.54) is 20.3 Å². The molecular formula is C16H17N3O5S. The summed E-state index contributed by atoms with van der Waals surface area (Å²) in [7, 11) is 2.81. The number of furan rings is 1. The van der Waals surface area contributed by atoms with Crippen molar-refractivity contribution in [2.24, 2.45) is 10.8 Å². The fourth-order valence-electron chi connectivity index (χ4n) is 1.87. The van der Waals surface area contributed by atoms with E-state index in [4.69, 9.17) is 19.6 Å². The van der Waals surface area contributed by atoms with E-state index in [0.29, 0.717) is 17.3 Å². The molecule has 0 spiro atoms.